The molecule has 0 aliphatic heterocycles. The van der Waals surface area contributed by atoms with E-state index in [2.05, 4.69) is 19.2 Å². The van der Waals surface area contributed by atoms with E-state index in [1.54, 1.807) is 6.07 Å². The molecule has 1 amide bonds. The molecular formula is C20H25NO4. The second kappa shape index (κ2) is 7.30. The summed E-state index contributed by atoms with van der Waals surface area (Å²) >= 11 is 0. The molecule has 25 heavy (non-hydrogen) atoms. The van der Waals surface area contributed by atoms with Gasteiger partial charge in [0.05, 0.1) is 0 Å². The molecule has 1 N–H and O–H groups in total. The first kappa shape index (κ1) is 17.5. The lowest BCUT2D eigenvalue weighted by atomic mass is 9.78. The van der Waals surface area contributed by atoms with Crippen molar-refractivity contribution in [2.24, 2.45) is 11.8 Å². The first-order valence-electron chi connectivity index (χ1n) is 8.92. The van der Waals surface area contributed by atoms with Gasteiger partial charge in [-0.1, -0.05) is 44.9 Å². The van der Waals surface area contributed by atoms with Crippen molar-refractivity contribution in [2.75, 3.05) is 6.61 Å². The molecule has 0 unspecified atom stereocenters. The molecule has 1 saturated carbocycles. The molecule has 134 valence electrons. The lowest BCUT2D eigenvalue weighted by Gasteiger charge is -2.34. The van der Waals surface area contributed by atoms with E-state index < -0.39 is 5.97 Å². The first-order chi connectivity index (χ1) is 12.0. The number of benzene rings is 1. The zero-order chi connectivity index (χ0) is 18.0. The van der Waals surface area contributed by atoms with E-state index in [9.17, 15) is 9.59 Å². The standard InChI is InChI=1S/C20H25NO4/c1-12-7-6-9-16(13(12)2)21-18(22)11-24-20(23)19-14(3)15-8-4-5-10-17(15)25-19/h4-5,8,10,12-13,16H,6-7,9,11H2,1-3H3,(H,21,22)/t12-,13-,16-/m0/s1. The first-order valence-corrected chi connectivity index (χ1v) is 8.92. The van der Waals surface area contributed by atoms with Gasteiger partial charge >= 0.3 is 5.97 Å². The summed E-state index contributed by atoms with van der Waals surface area (Å²) in [5, 5.41) is 3.88. The topological polar surface area (TPSA) is 68.5 Å². The van der Waals surface area contributed by atoms with Crippen LogP contribution in [0.5, 0.6) is 0 Å². The summed E-state index contributed by atoms with van der Waals surface area (Å²) in [6, 6.07) is 7.59. The van der Waals surface area contributed by atoms with Crippen molar-refractivity contribution in [3.63, 3.8) is 0 Å². The number of carbonyl (C=O) groups is 2. The minimum Gasteiger partial charge on any atom is -0.450 e. The van der Waals surface area contributed by atoms with E-state index in [0.29, 0.717) is 17.4 Å². The second-order valence-electron chi connectivity index (χ2n) is 7.07. The molecule has 1 fully saturated rings. The van der Waals surface area contributed by atoms with Crippen LogP contribution in [0.2, 0.25) is 0 Å². The summed E-state index contributed by atoms with van der Waals surface area (Å²) in [7, 11) is 0. The quantitative estimate of drug-likeness (QED) is 0.857. The number of esters is 1. The smallest absolute Gasteiger partial charge is 0.375 e. The zero-order valence-corrected chi connectivity index (χ0v) is 15.0. The molecule has 0 saturated heterocycles. The van der Waals surface area contributed by atoms with E-state index in [1.165, 1.54) is 6.42 Å². The molecule has 1 aliphatic carbocycles. The Morgan fingerprint density at radius 1 is 1.24 bits per heavy atom. The largest absolute Gasteiger partial charge is 0.450 e. The Balaban J connectivity index is 1.58. The Hall–Kier alpha value is -2.30. The zero-order valence-electron chi connectivity index (χ0n) is 15.0. The van der Waals surface area contributed by atoms with Crippen molar-refractivity contribution in [3.05, 3.63) is 35.6 Å². The molecule has 0 radical (unpaired) electrons. The molecule has 3 atom stereocenters. The lowest BCUT2D eigenvalue weighted by Crippen LogP contribution is -2.45. The van der Waals surface area contributed by atoms with Crippen LogP contribution < -0.4 is 5.32 Å². The summed E-state index contributed by atoms with van der Waals surface area (Å²) in [6.45, 7) is 5.91. The molecular weight excluding hydrogens is 318 g/mol. The van der Waals surface area contributed by atoms with Crippen LogP contribution in [-0.2, 0) is 9.53 Å². The molecule has 5 heteroatoms. The maximum atomic E-state index is 12.3. The summed E-state index contributed by atoms with van der Waals surface area (Å²) in [5.74, 6) is 0.335. The maximum Gasteiger partial charge on any atom is 0.375 e. The summed E-state index contributed by atoms with van der Waals surface area (Å²) in [4.78, 5) is 24.4. The molecule has 3 rings (SSSR count). The molecule has 1 aromatic carbocycles. The van der Waals surface area contributed by atoms with Gasteiger partial charge in [0.1, 0.15) is 5.58 Å². The van der Waals surface area contributed by atoms with Crippen LogP contribution in [0.1, 0.15) is 49.2 Å². The highest BCUT2D eigenvalue weighted by atomic mass is 16.5. The van der Waals surface area contributed by atoms with E-state index in [4.69, 9.17) is 9.15 Å². The van der Waals surface area contributed by atoms with Crippen LogP contribution >= 0.6 is 0 Å². The van der Waals surface area contributed by atoms with Gasteiger partial charge < -0.3 is 14.5 Å². The van der Waals surface area contributed by atoms with Gasteiger partial charge in [0.2, 0.25) is 5.76 Å². The number of carbonyl (C=O) groups excluding carboxylic acids is 2. The molecule has 0 bridgehead atoms. The highest BCUT2D eigenvalue weighted by Crippen LogP contribution is 2.29. The van der Waals surface area contributed by atoms with Gasteiger partial charge in [0, 0.05) is 17.0 Å². The third-order valence-electron chi connectivity index (χ3n) is 5.42. The predicted octanol–water partition coefficient (Wildman–Crippen LogP) is 3.84. The maximum absolute atomic E-state index is 12.3. The van der Waals surface area contributed by atoms with Gasteiger partial charge in [0.25, 0.3) is 5.91 Å². The fourth-order valence-electron chi connectivity index (χ4n) is 3.60. The SMILES string of the molecule is Cc1c(C(=O)OCC(=O)N[C@H]2CCC[C@H](C)[C@@H]2C)oc2ccccc12. The Kier molecular flexibility index (Phi) is 5.11. The van der Waals surface area contributed by atoms with Crippen LogP contribution in [0, 0.1) is 18.8 Å². The van der Waals surface area contributed by atoms with Crippen molar-refractivity contribution in [1.29, 1.82) is 0 Å². The van der Waals surface area contributed by atoms with Crippen LogP contribution in [0.15, 0.2) is 28.7 Å². The van der Waals surface area contributed by atoms with Crippen molar-refractivity contribution in [1.82, 2.24) is 5.32 Å². The Morgan fingerprint density at radius 3 is 2.76 bits per heavy atom. The fraction of sp³-hybridized carbons (Fsp3) is 0.500. The second-order valence-corrected chi connectivity index (χ2v) is 7.07. The van der Waals surface area contributed by atoms with Crippen molar-refractivity contribution in [2.45, 2.75) is 46.1 Å². The minimum absolute atomic E-state index is 0.155. The number of para-hydroxylation sites is 1. The Morgan fingerprint density at radius 2 is 2.00 bits per heavy atom. The molecule has 0 spiro atoms. The van der Waals surface area contributed by atoms with Gasteiger partial charge in [-0.25, -0.2) is 4.79 Å². The highest BCUT2D eigenvalue weighted by Gasteiger charge is 2.28. The number of hydrogen-bond acceptors (Lipinski definition) is 4. The Bertz CT molecular complexity index is 779. The van der Waals surface area contributed by atoms with Crippen molar-refractivity contribution >= 4 is 22.8 Å². The lowest BCUT2D eigenvalue weighted by molar-refractivity contribution is -0.125. The number of furan rings is 1. The van der Waals surface area contributed by atoms with E-state index >= 15 is 0 Å². The van der Waals surface area contributed by atoms with Crippen molar-refractivity contribution < 1.29 is 18.7 Å². The molecule has 1 heterocycles. The summed E-state index contributed by atoms with van der Waals surface area (Å²) < 4.78 is 10.7. The Labute approximate surface area is 147 Å². The molecule has 1 aromatic heterocycles. The third kappa shape index (κ3) is 3.70. The third-order valence-corrected chi connectivity index (χ3v) is 5.42. The van der Waals surface area contributed by atoms with Gasteiger partial charge in [0.15, 0.2) is 6.61 Å². The molecule has 5 nitrogen and oxygen atoms in total. The van der Waals surface area contributed by atoms with Crippen molar-refractivity contribution in [3.8, 4) is 0 Å². The molecule has 2 aromatic rings. The number of nitrogens with one attached hydrogen (secondary N) is 1. The highest BCUT2D eigenvalue weighted by molar-refractivity contribution is 5.96. The van der Waals surface area contributed by atoms with Gasteiger partial charge in [-0.15, -0.1) is 0 Å². The molecule has 1 aliphatic rings. The van der Waals surface area contributed by atoms with Crippen LogP contribution in [0.3, 0.4) is 0 Å². The summed E-state index contributed by atoms with van der Waals surface area (Å²) in [5.41, 5.74) is 1.37. The number of fused-ring (bicyclic) bond motifs is 1. The number of hydrogen-bond donors (Lipinski definition) is 1. The fourth-order valence-corrected chi connectivity index (χ4v) is 3.60. The average molecular weight is 343 g/mol. The number of rotatable bonds is 4. The number of aryl methyl sites for hydroxylation is 1. The number of ether oxygens (including phenoxy) is 1. The van der Waals surface area contributed by atoms with Crippen LogP contribution in [0.25, 0.3) is 11.0 Å². The normalized spacial score (nSPS) is 23.4. The predicted molar refractivity (Wildman–Crippen MR) is 95.3 cm³/mol. The van der Waals surface area contributed by atoms with E-state index in [-0.39, 0.29) is 24.3 Å². The van der Waals surface area contributed by atoms with E-state index in [1.807, 2.05) is 25.1 Å². The van der Waals surface area contributed by atoms with Gasteiger partial charge in [-0.3, -0.25) is 4.79 Å². The number of amides is 1. The summed E-state index contributed by atoms with van der Waals surface area (Å²) in [6.07, 6.45) is 3.30. The van der Waals surface area contributed by atoms with E-state index in [0.717, 1.165) is 23.8 Å². The monoisotopic (exact) mass is 343 g/mol. The average Bonchev–Trinajstić information content (AvgIpc) is 2.94. The minimum atomic E-state index is -0.603. The van der Waals surface area contributed by atoms with Crippen LogP contribution in [0.4, 0.5) is 0 Å². The van der Waals surface area contributed by atoms with Gasteiger partial charge in [-0.05, 0) is 31.2 Å². The van der Waals surface area contributed by atoms with Gasteiger partial charge in [-0.2, -0.15) is 0 Å². The van der Waals surface area contributed by atoms with Crippen LogP contribution in [-0.4, -0.2) is 24.5 Å².